The lowest BCUT2D eigenvalue weighted by Crippen LogP contribution is -2.25. The number of hydrogen-bond donors (Lipinski definition) is 1. The van der Waals surface area contributed by atoms with Crippen LogP contribution in [0.5, 0.6) is 0 Å². The summed E-state index contributed by atoms with van der Waals surface area (Å²) in [7, 11) is 0. The van der Waals surface area contributed by atoms with Gasteiger partial charge < -0.3 is 5.32 Å². The van der Waals surface area contributed by atoms with Crippen LogP contribution in [0.25, 0.3) is 11.1 Å². The maximum absolute atomic E-state index is 13.1. The smallest absolute Gasteiger partial charge is 0.251 e. The van der Waals surface area contributed by atoms with Crippen LogP contribution in [0.1, 0.15) is 47.3 Å². The van der Waals surface area contributed by atoms with Crippen molar-refractivity contribution in [3.8, 4) is 11.1 Å². The van der Waals surface area contributed by atoms with Crippen LogP contribution >= 0.6 is 0 Å². The molecule has 1 saturated heterocycles. The summed E-state index contributed by atoms with van der Waals surface area (Å²) in [6.07, 6.45) is 3.41. The van der Waals surface area contributed by atoms with E-state index in [2.05, 4.69) is 41.4 Å². The first-order valence-corrected chi connectivity index (χ1v) is 11.1. The fraction of sp³-hybridized carbons (Fsp3) is 0.296. The van der Waals surface area contributed by atoms with Gasteiger partial charge in [0, 0.05) is 18.2 Å². The van der Waals surface area contributed by atoms with Crippen molar-refractivity contribution in [1.82, 2.24) is 10.2 Å². The highest BCUT2D eigenvalue weighted by atomic mass is 19.1. The van der Waals surface area contributed by atoms with Gasteiger partial charge in [-0.3, -0.25) is 9.69 Å². The van der Waals surface area contributed by atoms with E-state index in [-0.39, 0.29) is 11.7 Å². The molecule has 3 aromatic carbocycles. The zero-order valence-electron chi connectivity index (χ0n) is 18.0. The fourth-order valence-electron chi connectivity index (χ4n) is 4.18. The van der Waals surface area contributed by atoms with Crippen molar-refractivity contribution >= 4 is 5.91 Å². The van der Waals surface area contributed by atoms with E-state index in [1.807, 2.05) is 24.3 Å². The van der Waals surface area contributed by atoms with Crippen molar-refractivity contribution in [2.24, 2.45) is 0 Å². The lowest BCUT2D eigenvalue weighted by Gasteiger charge is -2.24. The highest BCUT2D eigenvalue weighted by Crippen LogP contribution is 2.24. The van der Waals surface area contributed by atoms with Crippen molar-refractivity contribution in [3.05, 3.63) is 95.3 Å². The molecule has 1 atom stereocenters. The summed E-state index contributed by atoms with van der Waals surface area (Å²) in [6, 6.07) is 23.0. The van der Waals surface area contributed by atoms with Crippen molar-refractivity contribution in [2.45, 2.75) is 32.2 Å². The van der Waals surface area contributed by atoms with Gasteiger partial charge in [-0.25, -0.2) is 4.39 Å². The van der Waals surface area contributed by atoms with Gasteiger partial charge in [0.05, 0.1) is 0 Å². The predicted molar refractivity (Wildman–Crippen MR) is 124 cm³/mol. The minimum Gasteiger partial charge on any atom is -0.352 e. The second-order valence-electron chi connectivity index (χ2n) is 8.25. The molecule has 1 heterocycles. The van der Waals surface area contributed by atoms with Gasteiger partial charge in [-0.2, -0.15) is 0 Å². The number of benzene rings is 3. The van der Waals surface area contributed by atoms with Crippen LogP contribution in [0.15, 0.2) is 72.8 Å². The topological polar surface area (TPSA) is 32.3 Å². The standard InChI is InChI=1S/C27H29FN2O/c1-20(30-18-2-3-19-30)22-6-4-21(5-7-22)16-17-29-27(31)25-10-8-23(9-11-25)24-12-14-26(28)15-13-24/h4-15,20H,2-3,16-19H2,1H3,(H,29,31). The first-order chi connectivity index (χ1) is 15.1. The molecule has 0 saturated carbocycles. The molecule has 0 bridgehead atoms. The van der Waals surface area contributed by atoms with E-state index in [0.29, 0.717) is 18.2 Å². The summed E-state index contributed by atoms with van der Waals surface area (Å²) in [5.41, 5.74) is 5.09. The molecule has 1 amide bonds. The first-order valence-electron chi connectivity index (χ1n) is 11.1. The van der Waals surface area contributed by atoms with E-state index < -0.39 is 0 Å². The number of nitrogens with zero attached hydrogens (tertiary/aromatic N) is 1. The Bertz CT molecular complexity index is 991. The van der Waals surface area contributed by atoms with Gasteiger partial charge >= 0.3 is 0 Å². The molecule has 1 fully saturated rings. The maximum Gasteiger partial charge on any atom is 0.251 e. The van der Waals surface area contributed by atoms with Crippen LogP contribution in [0.3, 0.4) is 0 Å². The second kappa shape index (κ2) is 9.88. The largest absolute Gasteiger partial charge is 0.352 e. The van der Waals surface area contributed by atoms with E-state index in [1.54, 1.807) is 12.1 Å². The number of nitrogens with one attached hydrogen (secondary N) is 1. The molecule has 4 heteroatoms. The maximum atomic E-state index is 13.1. The third-order valence-corrected chi connectivity index (χ3v) is 6.17. The van der Waals surface area contributed by atoms with Gasteiger partial charge in [0.1, 0.15) is 5.82 Å². The van der Waals surface area contributed by atoms with E-state index in [9.17, 15) is 9.18 Å². The van der Waals surface area contributed by atoms with Gasteiger partial charge in [0.2, 0.25) is 0 Å². The Morgan fingerprint density at radius 2 is 1.48 bits per heavy atom. The molecule has 160 valence electrons. The third kappa shape index (κ3) is 5.39. The third-order valence-electron chi connectivity index (χ3n) is 6.17. The van der Waals surface area contributed by atoms with Gasteiger partial charge in [-0.1, -0.05) is 48.5 Å². The van der Waals surface area contributed by atoms with Crippen LogP contribution in [-0.4, -0.2) is 30.4 Å². The highest BCUT2D eigenvalue weighted by Gasteiger charge is 2.19. The molecule has 31 heavy (non-hydrogen) atoms. The Morgan fingerprint density at radius 1 is 0.903 bits per heavy atom. The zero-order valence-corrected chi connectivity index (χ0v) is 18.0. The lowest BCUT2D eigenvalue weighted by molar-refractivity contribution is 0.0954. The van der Waals surface area contributed by atoms with E-state index in [1.165, 1.54) is 49.2 Å². The van der Waals surface area contributed by atoms with Gasteiger partial charge in [0.25, 0.3) is 5.91 Å². The SMILES string of the molecule is CC(c1ccc(CCNC(=O)c2ccc(-c3ccc(F)cc3)cc2)cc1)N1CCCC1. The highest BCUT2D eigenvalue weighted by molar-refractivity contribution is 5.94. The molecular formula is C27H29FN2O. The quantitative estimate of drug-likeness (QED) is 0.542. The zero-order chi connectivity index (χ0) is 21.6. The Kier molecular flexibility index (Phi) is 6.78. The summed E-state index contributed by atoms with van der Waals surface area (Å²) in [5, 5.41) is 3.00. The Morgan fingerprint density at radius 3 is 2.10 bits per heavy atom. The molecule has 1 aliphatic rings. The Balaban J connectivity index is 1.27. The van der Waals surface area contributed by atoms with Crippen molar-refractivity contribution in [1.29, 1.82) is 0 Å². The van der Waals surface area contributed by atoms with Crippen LogP contribution in [0, 0.1) is 5.82 Å². The normalized spacial score (nSPS) is 15.0. The summed E-state index contributed by atoms with van der Waals surface area (Å²) in [4.78, 5) is 15.0. The molecule has 1 aliphatic heterocycles. The second-order valence-corrected chi connectivity index (χ2v) is 8.25. The summed E-state index contributed by atoms with van der Waals surface area (Å²) in [6.45, 7) is 5.27. The number of carbonyl (C=O) groups is 1. The molecule has 1 unspecified atom stereocenters. The van der Waals surface area contributed by atoms with Crippen LogP contribution in [0.4, 0.5) is 4.39 Å². The summed E-state index contributed by atoms with van der Waals surface area (Å²) in [5.74, 6) is -0.333. The molecule has 0 aromatic heterocycles. The monoisotopic (exact) mass is 416 g/mol. The van der Waals surface area contributed by atoms with E-state index in [0.717, 1.165) is 17.5 Å². The van der Waals surface area contributed by atoms with Crippen LogP contribution in [-0.2, 0) is 6.42 Å². The predicted octanol–water partition coefficient (Wildman–Crippen LogP) is 5.62. The molecule has 0 aliphatic carbocycles. The van der Waals surface area contributed by atoms with Crippen molar-refractivity contribution in [3.63, 3.8) is 0 Å². The number of amides is 1. The van der Waals surface area contributed by atoms with Gasteiger partial charge in [-0.05, 0) is 85.8 Å². The van der Waals surface area contributed by atoms with Crippen molar-refractivity contribution < 1.29 is 9.18 Å². The number of carbonyl (C=O) groups excluding carboxylic acids is 1. The van der Waals surface area contributed by atoms with Crippen molar-refractivity contribution in [2.75, 3.05) is 19.6 Å². The van der Waals surface area contributed by atoms with Gasteiger partial charge in [0.15, 0.2) is 0 Å². The number of halogens is 1. The fourth-order valence-corrected chi connectivity index (χ4v) is 4.18. The van der Waals surface area contributed by atoms with Gasteiger partial charge in [-0.15, -0.1) is 0 Å². The summed E-state index contributed by atoms with van der Waals surface area (Å²) < 4.78 is 13.1. The molecule has 3 nitrogen and oxygen atoms in total. The number of rotatable bonds is 7. The minimum atomic E-state index is -0.254. The lowest BCUT2D eigenvalue weighted by atomic mass is 10.0. The molecule has 1 N–H and O–H groups in total. The first kappa shape index (κ1) is 21.3. The Hall–Kier alpha value is -2.98. The van der Waals surface area contributed by atoms with Crippen LogP contribution in [0.2, 0.25) is 0 Å². The number of hydrogen-bond acceptors (Lipinski definition) is 2. The molecule has 3 aromatic rings. The van der Waals surface area contributed by atoms with E-state index >= 15 is 0 Å². The minimum absolute atomic E-state index is 0.0788. The van der Waals surface area contributed by atoms with Crippen LogP contribution < -0.4 is 5.32 Å². The Labute approximate surface area is 183 Å². The molecule has 4 rings (SSSR count). The average Bonchev–Trinajstić information content (AvgIpc) is 3.35. The number of likely N-dealkylation sites (tertiary alicyclic amines) is 1. The van der Waals surface area contributed by atoms with E-state index in [4.69, 9.17) is 0 Å². The average molecular weight is 417 g/mol. The molecule has 0 spiro atoms. The summed E-state index contributed by atoms with van der Waals surface area (Å²) >= 11 is 0. The molecular weight excluding hydrogens is 387 g/mol. The molecule has 0 radical (unpaired) electrons.